The van der Waals surface area contributed by atoms with Gasteiger partial charge in [0.15, 0.2) is 0 Å². The second-order valence-corrected chi connectivity index (χ2v) is 8.94. The van der Waals surface area contributed by atoms with Crippen LogP contribution in [0.2, 0.25) is 0 Å². The van der Waals surface area contributed by atoms with Crippen LogP contribution in [0.5, 0.6) is 5.75 Å². The van der Waals surface area contributed by atoms with Gasteiger partial charge in [0, 0.05) is 23.5 Å². The van der Waals surface area contributed by atoms with Gasteiger partial charge in [-0.1, -0.05) is 24.6 Å². The predicted octanol–water partition coefficient (Wildman–Crippen LogP) is 5.59. The highest BCUT2D eigenvalue weighted by molar-refractivity contribution is 5.89. The summed E-state index contributed by atoms with van der Waals surface area (Å²) in [6.45, 7) is 2.64. The van der Waals surface area contributed by atoms with E-state index in [9.17, 15) is 0 Å². The van der Waals surface area contributed by atoms with Crippen LogP contribution in [-0.2, 0) is 0 Å². The standard InChI is InChI=1S/C23H15N5O.C6H13N/c1-29-22-11-18(16-4-2-15(12-24)3-5-16)23(28-14-25-13-21(22)28)17-6-7-19-20(10-17)27-9-8-26-19;1-7-5-3-2-4-6-7/h2-11,13-14H,1H3;2-6H2,1H3. The molecule has 1 aliphatic rings. The van der Waals surface area contributed by atoms with E-state index in [1.165, 1.54) is 32.4 Å². The molecule has 7 nitrogen and oxygen atoms in total. The van der Waals surface area contributed by atoms with Gasteiger partial charge in [0.1, 0.15) is 11.3 Å². The number of hydrogen-bond acceptors (Lipinski definition) is 6. The zero-order valence-electron chi connectivity index (χ0n) is 20.6. The Kier molecular flexibility index (Phi) is 6.87. The molecule has 7 heteroatoms. The Bertz CT molecular complexity index is 1530. The minimum Gasteiger partial charge on any atom is -0.494 e. The Labute approximate surface area is 210 Å². The molecule has 0 amide bonds. The van der Waals surface area contributed by atoms with Crippen molar-refractivity contribution < 1.29 is 4.74 Å². The lowest BCUT2D eigenvalue weighted by Crippen LogP contribution is -2.24. The van der Waals surface area contributed by atoms with Crippen LogP contribution in [0, 0.1) is 11.3 Å². The maximum Gasteiger partial charge on any atom is 0.145 e. The molecule has 6 rings (SSSR count). The molecule has 4 heterocycles. The monoisotopic (exact) mass is 476 g/mol. The molecule has 1 fully saturated rings. The number of imidazole rings is 1. The van der Waals surface area contributed by atoms with Gasteiger partial charge in [-0.2, -0.15) is 5.26 Å². The number of fused-ring (bicyclic) bond motifs is 2. The van der Waals surface area contributed by atoms with Crippen molar-refractivity contribution in [2.75, 3.05) is 27.2 Å². The van der Waals surface area contributed by atoms with Crippen molar-refractivity contribution >= 4 is 16.6 Å². The molecule has 0 aliphatic carbocycles. The van der Waals surface area contributed by atoms with E-state index in [4.69, 9.17) is 10.00 Å². The van der Waals surface area contributed by atoms with Crippen LogP contribution in [0.1, 0.15) is 24.8 Å². The second-order valence-electron chi connectivity index (χ2n) is 8.94. The van der Waals surface area contributed by atoms with Gasteiger partial charge in [0.05, 0.1) is 48.0 Å². The number of likely N-dealkylation sites (tertiary alicyclic amines) is 1. The zero-order chi connectivity index (χ0) is 24.9. The molecule has 0 saturated carbocycles. The van der Waals surface area contributed by atoms with Gasteiger partial charge in [-0.3, -0.25) is 14.4 Å². The lowest BCUT2D eigenvalue weighted by atomic mass is 9.97. The van der Waals surface area contributed by atoms with Gasteiger partial charge in [-0.05, 0) is 68.9 Å². The first-order valence-corrected chi connectivity index (χ1v) is 12.1. The van der Waals surface area contributed by atoms with Gasteiger partial charge < -0.3 is 9.64 Å². The van der Waals surface area contributed by atoms with E-state index in [1.54, 1.807) is 32.0 Å². The molecular formula is C29H28N6O. The molecule has 0 atom stereocenters. The Morgan fingerprint density at radius 3 is 2.28 bits per heavy atom. The molecule has 2 aromatic carbocycles. The smallest absolute Gasteiger partial charge is 0.145 e. The van der Waals surface area contributed by atoms with Gasteiger partial charge in [-0.25, -0.2) is 4.98 Å². The van der Waals surface area contributed by atoms with Crippen molar-refractivity contribution in [1.82, 2.24) is 24.3 Å². The summed E-state index contributed by atoms with van der Waals surface area (Å²) in [5.74, 6) is 0.728. The van der Waals surface area contributed by atoms with Crippen LogP contribution in [-0.4, -0.2) is 51.5 Å². The third-order valence-corrected chi connectivity index (χ3v) is 6.53. The number of pyridine rings is 1. The van der Waals surface area contributed by atoms with Crippen LogP contribution in [0.15, 0.2) is 73.4 Å². The molecule has 1 saturated heterocycles. The number of nitrogens with zero attached hydrogens (tertiary/aromatic N) is 6. The molecule has 0 bridgehead atoms. The van der Waals surface area contributed by atoms with E-state index < -0.39 is 0 Å². The number of aromatic nitrogens is 4. The normalized spacial score (nSPS) is 13.7. The third kappa shape index (κ3) is 4.77. The van der Waals surface area contributed by atoms with Gasteiger partial charge in [0.2, 0.25) is 0 Å². The van der Waals surface area contributed by atoms with E-state index in [-0.39, 0.29) is 0 Å². The first-order chi connectivity index (χ1) is 17.7. The Morgan fingerprint density at radius 1 is 0.889 bits per heavy atom. The molecule has 1 aliphatic heterocycles. The van der Waals surface area contributed by atoms with Gasteiger partial charge in [-0.15, -0.1) is 0 Å². The number of piperidine rings is 1. The SMILES string of the molecule is CN1CCCCC1.COc1cc(-c2ccc(C#N)cc2)c(-c2ccc3nccnc3c2)n2cncc12. The molecule has 3 aromatic heterocycles. The third-order valence-electron chi connectivity index (χ3n) is 6.53. The maximum atomic E-state index is 9.13. The minimum atomic E-state index is 0.618. The number of hydrogen-bond donors (Lipinski definition) is 0. The van der Waals surface area contributed by atoms with Crippen LogP contribution < -0.4 is 4.74 Å². The molecular weight excluding hydrogens is 448 g/mol. The quantitative estimate of drug-likeness (QED) is 0.338. The molecule has 0 N–H and O–H groups in total. The number of benzene rings is 2. The van der Waals surface area contributed by atoms with Crippen molar-refractivity contribution in [1.29, 1.82) is 5.26 Å². The number of methoxy groups -OCH3 is 1. The van der Waals surface area contributed by atoms with E-state index >= 15 is 0 Å². The summed E-state index contributed by atoms with van der Waals surface area (Å²) in [5.41, 5.74) is 7.06. The number of ether oxygens (including phenoxy) is 1. The number of rotatable bonds is 3. The molecule has 5 aromatic rings. The van der Waals surface area contributed by atoms with E-state index in [2.05, 4.69) is 33.0 Å². The van der Waals surface area contributed by atoms with Gasteiger partial charge >= 0.3 is 0 Å². The topological polar surface area (TPSA) is 79.3 Å². The Balaban J connectivity index is 0.000000330. The Morgan fingerprint density at radius 2 is 1.61 bits per heavy atom. The molecule has 180 valence electrons. The Hall–Kier alpha value is -4.28. The summed E-state index contributed by atoms with van der Waals surface area (Å²) in [7, 11) is 3.84. The molecule has 36 heavy (non-hydrogen) atoms. The van der Waals surface area contributed by atoms with Crippen molar-refractivity contribution in [2.24, 2.45) is 0 Å². The summed E-state index contributed by atoms with van der Waals surface area (Å²) in [4.78, 5) is 15.5. The van der Waals surface area contributed by atoms with Crippen molar-refractivity contribution in [3.05, 3.63) is 79.0 Å². The average molecular weight is 477 g/mol. The van der Waals surface area contributed by atoms with Gasteiger partial charge in [0.25, 0.3) is 0 Å². The zero-order valence-corrected chi connectivity index (χ0v) is 20.6. The minimum absolute atomic E-state index is 0.618. The van der Waals surface area contributed by atoms with E-state index in [1.807, 2.05) is 52.9 Å². The second kappa shape index (κ2) is 10.5. The lowest BCUT2D eigenvalue weighted by molar-refractivity contribution is 0.277. The van der Waals surface area contributed by atoms with Crippen molar-refractivity contribution in [3.63, 3.8) is 0 Å². The largest absolute Gasteiger partial charge is 0.494 e. The summed E-state index contributed by atoms with van der Waals surface area (Å²) in [6.07, 6.45) is 11.2. The maximum absolute atomic E-state index is 9.13. The molecule has 0 spiro atoms. The van der Waals surface area contributed by atoms with E-state index in [0.717, 1.165) is 44.7 Å². The summed E-state index contributed by atoms with van der Waals surface area (Å²) in [5, 5.41) is 9.13. The van der Waals surface area contributed by atoms with Crippen LogP contribution in [0.3, 0.4) is 0 Å². The van der Waals surface area contributed by atoms with E-state index in [0.29, 0.717) is 5.56 Å². The first-order valence-electron chi connectivity index (χ1n) is 12.1. The summed E-state index contributed by atoms with van der Waals surface area (Å²) >= 11 is 0. The predicted molar refractivity (Wildman–Crippen MR) is 142 cm³/mol. The van der Waals surface area contributed by atoms with Crippen LogP contribution in [0.4, 0.5) is 0 Å². The van der Waals surface area contributed by atoms with Crippen LogP contribution in [0.25, 0.3) is 38.9 Å². The highest BCUT2D eigenvalue weighted by atomic mass is 16.5. The first kappa shape index (κ1) is 23.5. The summed E-state index contributed by atoms with van der Waals surface area (Å²) in [6, 6.07) is 17.7. The highest BCUT2D eigenvalue weighted by Gasteiger charge is 2.17. The number of nitriles is 1. The fourth-order valence-corrected chi connectivity index (χ4v) is 4.62. The van der Waals surface area contributed by atoms with Crippen molar-refractivity contribution in [3.8, 4) is 34.2 Å². The fourth-order valence-electron chi connectivity index (χ4n) is 4.62. The molecule has 0 radical (unpaired) electrons. The van der Waals surface area contributed by atoms with Crippen LogP contribution >= 0.6 is 0 Å². The van der Waals surface area contributed by atoms with Crippen molar-refractivity contribution in [2.45, 2.75) is 19.3 Å². The highest BCUT2D eigenvalue weighted by Crippen LogP contribution is 2.38. The summed E-state index contributed by atoms with van der Waals surface area (Å²) < 4.78 is 7.64. The lowest BCUT2D eigenvalue weighted by Gasteiger charge is -2.20. The fraction of sp³-hybridized carbons (Fsp3) is 0.241. The average Bonchev–Trinajstić information content (AvgIpc) is 3.43. The molecule has 0 unspecified atom stereocenters.